The van der Waals surface area contributed by atoms with Crippen molar-refractivity contribution in [2.24, 2.45) is 5.92 Å². The second kappa shape index (κ2) is 32.6. The van der Waals surface area contributed by atoms with Crippen LogP contribution in [0.4, 0.5) is 0 Å². The quantitative estimate of drug-likeness (QED) is 0.0604. The van der Waals surface area contributed by atoms with Crippen LogP contribution in [0.1, 0.15) is 201 Å². The Hall–Kier alpha value is -1.32. The lowest BCUT2D eigenvalue weighted by atomic mass is 9.98. The highest BCUT2D eigenvalue weighted by atomic mass is 16.2. The lowest BCUT2D eigenvalue weighted by Crippen LogP contribution is -2.38. The molecule has 0 aliphatic carbocycles. The summed E-state index contributed by atoms with van der Waals surface area (Å²) in [7, 11) is 0. The molecule has 0 saturated heterocycles. The van der Waals surface area contributed by atoms with Crippen molar-refractivity contribution in [3.63, 3.8) is 0 Å². The molecule has 0 aliphatic heterocycles. The van der Waals surface area contributed by atoms with Crippen LogP contribution in [-0.2, 0) is 9.59 Å². The second-order valence-corrected chi connectivity index (χ2v) is 13.2. The van der Waals surface area contributed by atoms with E-state index >= 15 is 0 Å². The minimum absolute atomic E-state index is 0.203. The van der Waals surface area contributed by atoms with E-state index in [0.29, 0.717) is 18.8 Å². The van der Waals surface area contributed by atoms with E-state index in [4.69, 9.17) is 0 Å². The zero-order valence-corrected chi connectivity index (χ0v) is 28.9. The van der Waals surface area contributed by atoms with Gasteiger partial charge in [-0.15, -0.1) is 0 Å². The van der Waals surface area contributed by atoms with Crippen LogP contribution >= 0.6 is 0 Å². The number of hydrogen-bond acceptors (Lipinski definition) is 2. The van der Waals surface area contributed by atoms with Crippen LogP contribution in [0.25, 0.3) is 0 Å². The molecule has 0 aromatic rings. The van der Waals surface area contributed by atoms with Gasteiger partial charge >= 0.3 is 0 Å². The van der Waals surface area contributed by atoms with Crippen LogP contribution in [0.3, 0.4) is 0 Å². The van der Waals surface area contributed by atoms with E-state index in [1.165, 1.54) is 122 Å². The second-order valence-electron chi connectivity index (χ2n) is 13.2. The first-order valence-corrected chi connectivity index (χ1v) is 18.7. The van der Waals surface area contributed by atoms with E-state index in [1.54, 1.807) is 0 Å². The molecule has 0 unspecified atom stereocenters. The van der Waals surface area contributed by atoms with E-state index in [2.05, 4.69) is 50.5 Å². The minimum Gasteiger partial charge on any atom is -0.356 e. The molecule has 0 aromatic carbocycles. The number of carbonyl (C=O) groups excluding carboxylic acids is 2. The predicted molar refractivity (Wildman–Crippen MR) is 185 cm³/mol. The summed E-state index contributed by atoms with van der Waals surface area (Å²) in [4.78, 5) is 24.7. The highest BCUT2D eigenvalue weighted by molar-refractivity contribution is 5.76. The number of unbranched alkanes of at least 4 members (excludes halogenated alkanes) is 20. The third-order valence-corrected chi connectivity index (χ3v) is 8.59. The normalized spacial score (nSPS) is 12.3. The van der Waals surface area contributed by atoms with Gasteiger partial charge in [-0.25, -0.2) is 0 Å². The highest BCUT2D eigenvalue weighted by Crippen LogP contribution is 2.14. The van der Waals surface area contributed by atoms with Crippen molar-refractivity contribution < 1.29 is 9.59 Å². The maximum absolute atomic E-state index is 12.5. The summed E-state index contributed by atoms with van der Waals surface area (Å²) in [6, 6.07) is 0.235. The smallest absolute Gasteiger partial charge is 0.220 e. The largest absolute Gasteiger partial charge is 0.356 e. The molecule has 0 fully saturated rings. The van der Waals surface area contributed by atoms with Crippen LogP contribution in [-0.4, -0.2) is 24.4 Å². The Kier molecular flexibility index (Phi) is 31.6. The molecule has 0 aliphatic rings. The minimum atomic E-state index is 0.203. The van der Waals surface area contributed by atoms with Gasteiger partial charge in [-0.05, 0) is 63.7 Å². The van der Waals surface area contributed by atoms with Crippen molar-refractivity contribution in [1.29, 1.82) is 0 Å². The summed E-state index contributed by atoms with van der Waals surface area (Å²) >= 11 is 0. The Labute approximate surface area is 263 Å². The molecule has 0 rings (SSSR count). The van der Waals surface area contributed by atoms with E-state index in [0.717, 1.165) is 45.1 Å². The molecule has 0 bridgehead atoms. The third kappa shape index (κ3) is 30.1. The average molecular weight is 591 g/mol. The van der Waals surface area contributed by atoms with Crippen molar-refractivity contribution in [3.05, 3.63) is 12.2 Å². The van der Waals surface area contributed by atoms with E-state index in [1.807, 2.05) is 0 Å². The van der Waals surface area contributed by atoms with Gasteiger partial charge in [-0.2, -0.15) is 0 Å². The summed E-state index contributed by atoms with van der Waals surface area (Å²) in [5, 5.41) is 6.39. The summed E-state index contributed by atoms with van der Waals surface area (Å²) < 4.78 is 0. The predicted octanol–water partition coefficient (Wildman–Crippen LogP) is 11.4. The molecule has 0 aromatic heterocycles. The maximum Gasteiger partial charge on any atom is 0.220 e. The molecule has 0 radical (unpaired) electrons. The average Bonchev–Trinajstić information content (AvgIpc) is 2.97. The molecular weight excluding hydrogens is 516 g/mol. The molecule has 2 N–H and O–H groups in total. The van der Waals surface area contributed by atoms with Crippen LogP contribution in [0.2, 0.25) is 0 Å². The summed E-state index contributed by atoms with van der Waals surface area (Å²) in [6.07, 6.45) is 37.2. The van der Waals surface area contributed by atoms with Gasteiger partial charge in [0.25, 0.3) is 0 Å². The molecule has 0 heterocycles. The van der Waals surface area contributed by atoms with Crippen molar-refractivity contribution in [1.82, 2.24) is 10.6 Å². The van der Waals surface area contributed by atoms with Gasteiger partial charge in [-0.3, -0.25) is 9.59 Å². The molecule has 4 heteroatoms. The van der Waals surface area contributed by atoms with Gasteiger partial charge in [0.05, 0.1) is 0 Å². The van der Waals surface area contributed by atoms with Gasteiger partial charge in [0.1, 0.15) is 0 Å². The lowest BCUT2D eigenvalue weighted by molar-refractivity contribution is -0.122. The fraction of sp³-hybridized carbons (Fsp3) is 0.895. The number of nitrogens with one attached hydrogen (secondary N) is 2. The molecule has 0 saturated carbocycles. The summed E-state index contributed by atoms with van der Waals surface area (Å²) in [5.41, 5.74) is 0. The highest BCUT2D eigenvalue weighted by Gasteiger charge is 2.15. The van der Waals surface area contributed by atoms with Gasteiger partial charge in [0.2, 0.25) is 11.8 Å². The van der Waals surface area contributed by atoms with Crippen molar-refractivity contribution in [2.75, 3.05) is 6.54 Å². The Balaban J connectivity index is 3.66. The monoisotopic (exact) mass is 591 g/mol. The lowest BCUT2D eigenvalue weighted by Gasteiger charge is -2.22. The molecule has 1 atom stereocenters. The molecule has 42 heavy (non-hydrogen) atoms. The standard InChI is InChI=1S/C38H74N2O2/c1-5-7-9-11-13-15-17-18-20-22-24-26-28-33-38(42)40-36(35(3)4)31-29-30-34-39-37(41)32-27-25-23-21-19-16-14-12-10-8-6-2/h15,17,35-36H,5-14,16,18-34H2,1-4H3,(H,39,41)(H,40,42)/b17-15-/t36-/m0/s1. The zero-order chi connectivity index (χ0) is 30.9. The van der Waals surface area contributed by atoms with Crippen molar-refractivity contribution in [2.45, 2.75) is 207 Å². The summed E-state index contributed by atoms with van der Waals surface area (Å²) in [5.74, 6) is 0.846. The van der Waals surface area contributed by atoms with Crippen LogP contribution in [0.15, 0.2) is 12.2 Å². The third-order valence-electron chi connectivity index (χ3n) is 8.59. The molecule has 0 spiro atoms. The Morgan fingerprint density at radius 3 is 1.45 bits per heavy atom. The number of hydrogen-bond donors (Lipinski definition) is 2. The van der Waals surface area contributed by atoms with Gasteiger partial charge < -0.3 is 10.6 Å². The first-order valence-electron chi connectivity index (χ1n) is 18.7. The molecular formula is C38H74N2O2. The van der Waals surface area contributed by atoms with E-state index in [9.17, 15) is 9.59 Å². The topological polar surface area (TPSA) is 58.2 Å². The fourth-order valence-electron chi connectivity index (χ4n) is 5.61. The number of carbonyl (C=O) groups is 2. The van der Waals surface area contributed by atoms with E-state index in [-0.39, 0.29) is 17.9 Å². The zero-order valence-electron chi connectivity index (χ0n) is 28.9. The maximum atomic E-state index is 12.5. The molecule has 2 amide bonds. The molecule has 248 valence electrons. The SMILES string of the molecule is CCCCCC/C=C\CCCCCCCC(=O)N[C@@H](CCCCNC(=O)CCCCCCCCCCCCC)C(C)C. The van der Waals surface area contributed by atoms with Crippen molar-refractivity contribution >= 4 is 11.8 Å². The van der Waals surface area contributed by atoms with Gasteiger partial charge in [-0.1, -0.05) is 143 Å². The van der Waals surface area contributed by atoms with Crippen LogP contribution < -0.4 is 10.6 Å². The van der Waals surface area contributed by atoms with Crippen LogP contribution in [0, 0.1) is 5.92 Å². The number of amides is 2. The number of rotatable bonds is 32. The van der Waals surface area contributed by atoms with Gasteiger partial charge in [0.15, 0.2) is 0 Å². The summed E-state index contributed by atoms with van der Waals surface area (Å²) in [6.45, 7) is 9.67. The molecule has 4 nitrogen and oxygen atoms in total. The Morgan fingerprint density at radius 2 is 0.952 bits per heavy atom. The first kappa shape index (κ1) is 40.7. The van der Waals surface area contributed by atoms with Crippen molar-refractivity contribution in [3.8, 4) is 0 Å². The van der Waals surface area contributed by atoms with Crippen LogP contribution in [0.5, 0.6) is 0 Å². The number of allylic oxidation sites excluding steroid dienone is 2. The fourth-order valence-corrected chi connectivity index (χ4v) is 5.61. The first-order chi connectivity index (χ1) is 20.5. The Morgan fingerprint density at radius 1 is 0.524 bits per heavy atom. The van der Waals surface area contributed by atoms with Gasteiger partial charge in [0, 0.05) is 25.4 Å². The Bertz CT molecular complexity index is 616. The van der Waals surface area contributed by atoms with E-state index < -0.39 is 0 Å².